The molecule has 6 heteroatoms. The molecule has 0 aliphatic heterocycles. The second-order valence-electron chi connectivity index (χ2n) is 4.42. The molecule has 2 aromatic heterocycles. The molecule has 0 radical (unpaired) electrons. The van der Waals surface area contributed by atoms with Gasteiger partial charge >= 0.3 is 0 Å². The minimum atomic E-state index is 0.0997. The number of fused-ring (bicyclic) bond motifs is 1. The minimum Gasteiger partial charge on any atom is -0.480 e. The van der Waals surface area contributed by atoms with Crippen LogP contribution < -0.4 is 4.74 Å². The molecule has 0 saturated carbocycles. The molecule has 0 aliphatic rings. The molecule has 0 fully saturated rings. The summed E-state index contributed by atoms with van der Waals surface area (Å²) in [4.78, 5) is 11.4. The van der Waals surface area contributed by atoms with Crippen LogP contribution in [0.15, 0.2) is 24.4 Å². The first-order valence-electron chi connectivity index (χ1n) is 5.95. The summed E-state index contributed by atoms with van der Waals surface area (Å²) in [5.74, 6) is 0.267. The average molecular weight is 308 g/mol. The first-order valence-corrected chi connectivity index (χ1v) is 6.71. The number of hydrogen-bond acceptors (Lipinski definition) is 3. The lowest BCUT2D eigenvalue weighted by atomic mass is 10.1. The molecule has 1 N–H and O–H groups in total. The predicted molar refractivity (Wildman–Crippen MR) is 80.6 cm³/mol. The number of aromatic nitrogens is 3. The number of rotatable bonds is 2. The molecule has 3 aromatic rings. The largest absolute Gasteiger partial charge is 0.480 e. The predicted octanol–water partition coefficient (Wildman–Crippen LogP) is 4.25. The highest BCUT2D eigenvalue weighted by Gasteiger charge is 2.17. The van der Waals surface area contributed by atoms with E-state index in [0.717, 1.165) is 16.5 Å². The average Bonchev–Trinajstić information content (AvgIpc) is 2.83. The Hall–Kier alpha value is -1.78. The molecule has 1 aromatic carbocycles. The topological polar surface area (TPSA) is 50.8 Å². The first kappa shape index (κ1) is 13.2. The molecule has 0 amide bonds. The standard InChI is InChI=1S/C14H11Cl2N3O/c1-7-3-4-8-9(6-17-10(8)5-7)12-11(15)13(20-2)19-14(16)18-12/h3-6,17H,1-2H3. The number of hydrogen-bond donors (Lipinski definition) is 1. The van der Waals surface area contributed by atoms with Crippen LogP contribution in [0.1, 0.15) is 5.56 Å². The van der Waals surface area contributed by atoms with Gasteiger partial charge in [0.1, 0.15) is 5.02 Å². The van der Waals surface area contributed by atoms with Crippen molar-refractivity contribution in [3.63, 3.8) is 0 Å². The highest BCUT2D eigenvalue weighted by molar-refractivity contribution is 6.35. The van der Waals surface area contributed by atoms with Crippen LogP contribution in [0.3, 0.4) is 0 Å². The highest BCUT2D eigenvalue weighted by atomic mass is 35.5. The number of nitrogens with zero attached hydrogens (tertiary/aromatic N) is 2. The van der Waals surface area contributed by atoms with E-state index in [2.05, 4.69) is 21.0 Å². The number of aromatic amines is 1. The van der Waals surface area contributed by atoms with Crippen molar-refractivity contribution >= 4 is 34.1 Å². The lowest BCUT2D eigenvalue weighted by Gasteiger charge is -2.07. The minimum absolute atomic E-state index is 0.0997. The van der Waals surface area contributed by atoms with Crippen molar-refractivity contribution in [1.29, 1.82) is 0 Å². The molecule has 0 bridgehead atoms. The maximum absolute atomic E-state index is 6.28. The van der Waals surface area contributed by atoms with Crippen LogP contribution in [0.25, 0.3) is 22.2 Å². The van der Waals surface area contributed by atoms with E-state index in [9.17, 15) is 0 Å². The fraction of sp³-hybridized carbons (Fsp3) is 0.143. The lowest BCUT2D eigenvalue weighted by molar-refractivity contribution is 0.397. The summed E-state index contributed by atoms with van der Waals surface area (Å²) in [5, 5.41) is 1.47. The third kappa shape index (κ3) is 2.11. The zero-order valence-corrected chi connectivity index (χ0v) is 12.4. The van der Waals surface area contributed by atoms with Gasteiger partial charge in [0.15, 0.2) is 0 Å². The fourth-order valence-electron chi connectivity index (χ4n) is 2.15. The second kappa shape index (κ2) is 4.96. The van der Waals surface area contributed by atoms with Crippen LogP contribution in [-0.2, 0) is 0 Å². The van der Waals surface area contributed by atoms with Gasteiger partial charge in [0, 0.05) is 22.7 Å². The molecular weight excluding hydrogens is 297 g/mol. The summed E-state index contributed by atoms with van der Waals surface area (Å²) >= 11 is 12.2. The van der Waals surface area contributed by atoms with Crippen LogP contribution in [0, 0.1) is 6.92 Å². The summed E-state index contributed by atoms with van der Waals surface area (Å²) in [7, 11) is 1.49. The molecule has 102 valence electrons. The van der Waals surface area contributed by atoms with E-state index in [4.69, 9.17) is 27.9 Å². The Balaban J connectivity index is 2.28. The molecule has 3 rings (SSSR count). The Morgan fingerprint density at radius 1 is 1.20 bits per heavy atom. The van der Waals surface area contributed by atoms with Crippen LogP contribution in [0.5, 0.6) is 5.88 Å². The zero-order chi connectivity index (χ0) is 14.3. The van der Waals surface area contributed by atoms with E-state index in [1.54, 1.807) is 0 Å². The molecule has 0 unspecified atom stereocenters. The molecule has 0 saturated heterocycles. The van der Waals surface area contributed by atoms with Gasteiger partial charge < -0.3 is 9.72 Å². The molecule has 0 aliphatic carbocycles. The van der Waals surface area contributed by atoms with Crippen LogP contribution in [0.4, 0.5) is 0 Å². The Morgan fingerprint density at radius 3 is 2.75 bits per heavy atom. The van der Waals surface area contributed by atoms with Crippen LogP contribution in [-0.4, -0.2) is 22.1 Å². The Bertz CT molecular complexity index is 798. The number of nitrogens with one attached hydrogen (secondary N) is 1. The number of H-pyrrole nitrogens is 1. The van der Waals surface area contributed by atoms with Gasteiger partial charge in [-0.15, -0.1) is 0 Å². The summed E-state index contributed by atoms with van der Waals surface area (Å²) in [6.45, 7) is 2.04. The van der Waals surface area contributed by atoms with Crippen LogP contribution in [0.2, 0.25) is 10.3 Å². The number of ether oxygens (including phenoxy) is 1. The molecule has 20 heavy (non-hydrogen) atoms. The Morgan fingerprint density at radius 2 is 2.00 bits per heavy atom. The van der Waals surface area contributed by atoms with Gasteiger partial charge in [-0.1, -0.05) is 23.7 Å². The number of aryl methyl sites for hydroxylation is 1. The van der Waals surface area contributed by atoms with E-state index in [1.165, 1.54) is 12.7 Å². The number of halogens is 2. The maximum Gasteiger partial charge on any atom is 0.237 e. The van der Waals surface area contributed by atoms with Gasteiger partial charge in [0.05, 0.1) is 12.8 Å². The van der Waals surface area contributed by atoms with Crippen molar-refractivity contribution in [1.82, 2.24) is 15.0 Å². The van der Waals surface area contributed by atoms with E-state index in [-0.39, 0.29) is 11.2 Å². The van der Waals surface area contributed by atoms with Gasteiger partial charge in [0.25, 0.3) is 0 Å². The van der Waals surface area contributed by atoms with Gasteiger partial charge in [-0.05, 0) is 30.2 Å². The van der Waals surface area contributed by atoms with E-state index >= 15 is 0 Å². The Labute approximate surface area is 125 Å². The van der Waals surface area contributed by atoms with Crippen molar-refractivity contribution < 1.29 is 4.74 Å². The highest BCUT2D eigenvalue weighted by Crippen LogP contribution is 2.37. The summed E-state index contributed by atoms with van der Waals surface area (Å²) in [6.07, 6.45) is 1.86. The molecule has 0 atom stereocenters. The van der Waals surface area contributed by atoms with Gasteiger partial charge in [-0.3, -0.25) is 0 Å². The van der Waals surface area contributed by atoms with E-state index < -0.39 is 0 Å². The van der Waals surface area contributed by atoms with Gasteiger partial charge in [-0.25, -0.2) is 4.98 Å². The van der Waals surface area contributed by atoms with E-state index in [0.29, 0.717) is 10.7 Å². The van der Waals surface area contributed by atoms with Crippen molar-refractivity contribution in [2.45, 2.75) is 6.92 Å². The first-order chi connectivity index (χ1) is 9.60. The molecular formula is C14H11Cl2N3O. The van der Waals surface area contributed by atoms with Crippen molar-refractivity contribution in [2.75, 3.05) is 7.11 Å². The Kier molecular flexibility index (Phi) is 3.28. The van der Waals surface area contributed by atoms with Crippen molar-refractivity contribution in [2.24, 2.45) is 0 Å². The normalized spacial score (nSPS) is 11.0. The zero-order valence-electron chi connectivity index (χ0n) is 10.9. The maximum atomic E-state index is 6.28. The lowest BCUT2D eigenvalue weighted by Crippen LogP contribution is -1.95. The summed E-state index contributed by atoms with van der Waals surface area (Å²) < 4.78 is 5.12. The van der Waals surface area contributed by atoms with Gasteiger partial charge in [-0.2, -0.15) is 4.98 Å². The molecule has 4 nitrogen and oxygen atoms in total. The number of methoxy groups -OCH3 is 1. The molecule has 2 heterocycles. The quantitative estimate of drug-likeness (QED) is 0.720. The third-order valence-corrected chi connectivity index (χ3v) is 3.59. The van der Waals surface area contributed by atoms with Crippen molar-refractivity contribution in [3.05, 3.63) is 40.3 Å². The fourth-order valence-corrected chi connectivity index (χ4v) is 2.57. The SMILES string of the molecule is COc1nc(Cl)nc(-c2c[nH]c3cc(C)ccc23)c1Cl. The van der Waals surface area contributed by atoms with Gasteiger partial charge in [0.2, 0.25) is 11.2 Å². The third-order valence-electron chi connectivity index (χ3n) is 3.08. The smallest absolute Gasteiger partial charge is 0.237 e. The summed E-state index contributed by atoms with van der Waals surface area (Å²) in [6, 6.07) is 6.12. The number of benzene rings is 1. The summed E-state index contributed by atoms with van der Waals surface area (Å²) in [5.41, 5.74) is 3.62. The monoisotopic (exact) mass is 307 g/mol. The van der Waals surface area contributed by atoms with E-state index in [1.807, 2.05) is 25.3 Å². The molecule has 0 spiro atoms. The van der Waals surface area contributed by atoms with Crippen LogP contribution >= 0.6 is 23.2 Å². The van der Waals surface area contributed by atoms with Crippen molar-refractivity contribution in [3.8, 4) is 17.1 Å². The second-order valence-corrected chi connectivity index (χ2v) is 5.13.